The van der Waals surface area contributed by atoms with Crippen molar-refractivity contribution >= 4 is 29.0 Å². The number of rotatable bonds is 5. The van der Waals surface area contributed by atoms with Crippen molar-refractivity contribution in [2.24, 2.45) is 0 Å². The van der Waals surface area contributed by atoms with E-state index in [9.17, 15) is 4.79 Å². The minimum absolute atomic E-state index is 0.180. The van der Waals surface area contributed by atoms with Crippen LogP contribution in [-0.2, 0) is 12.3 Å². The topological polar surface area (TPSA) is 70.7 Å². The van der Waals surface area contributed by atoms with Gasteiger partial charge in [-0.2, -0.15) is 11.8 Å². The van der Waals surface area contributed by atoms with Crippen molar-refractivity contribution in [1.82, 2.24) is 20.7 Å². The van der Waals surface area contributed by atoms with E-state index in [0.717, 1.165) is 5.69 Å². The highest BCUT2D eigenvalue weighted by Gasteiger charge is 2.15. The van der Waals surface area contributed by atoms with Crippen LogP contribution >= 0.6 is 23.1 Å². The Labute approximate surface area is 113 Å². The van der Waals surface area contributed by atoms with Gasteiger partial charge in [-0.15, -0.1) is 16.4 Å². The van der Waals surface area contributed by atoms with E-state index in [4.69, 9.17) is 0 Å². The van der Waals surface area contributed by atoms with Gasteiger partial charge in [-0.05, 0) is 30.2 Å². The zero-order valence-electron chi connectivity index (χ0n) is 10.2. The van der Waals surface area contributed by atoms with Gasteiger partial charge in [0, 0.05) is 10.6 Å². The lowest BCUT2D eigenvalue weighted by molar-refractivity contribution is 0.0945. The van der Waals surface area contributed by atoms with Gasteiger partial charge in [0.25, 0.3) is 5.91 Å². The van der Waals surface area contributed by atoms with Crippen LogP contribution in [0.4, 0.5) is 0 Å². The fourth-order valence-corrected chi connectivity index (χ4v) is 2.84. The van der Waals surface area contributed by atoms with Crippen LogP contribution in [-0.4, -0.2) is 27.6 Å². The van der Waals surface area contributed by atoms with Gasteiger partial charge in [0.05, 0.1) is 12.2 Å². The van der Waals surface area contributed by atoms with Crippen LogP contribution in [0.1, 0.15) is 26.6 Å². The number of aromatic nitrogens is 3. The predicted octanol–water partition coefficient (Wildman–Crippen LogP) is 1.97. The number of nitrogens with zero attached hydrogens (tertiary/aromatic N) is 2. The van der Waals surface area contributed by atoms with Crippen LogP contribution in [0, 0.1) is 6.92 Å². The van der Waals surface area contributed by atoms with Crippen LogP contribution in [0.2, 0.25) is 0 Å². The average Bonchev–Trinajstić information content (AvgIpc) is 2.96. The van der Waals surface area contributed by atoms with Crippen LogP contribution in [0.3, 0.4) is 0 Å². The van der Waals surface area contributed by atoms with E-state index in [0.29, 0.717) is 18.0 Å². The van der Waals surface area contributed by atoms with Crippen molar-refractivity contribution in [3.05, 3.63) is 33.3 Å². The Morgan fingerprint density at radius 1 is 1.61 bits per heavy atom. The second-order valence-electron chi connectivity index (χ2n) is 3.78. The highest BCUT2D eigenvalue weighted by Crippen LogP contribution is 2.15. The monoisotopic (exact) mass is 282 g/mol. The van der Waals surface area contributed by atoms with Gasteiger partial charge < -0.3 is 5.32 Å². The summed E-state index contributed by atoms with van der Waals surface area (Å²) >= 11 is 3.26. The third kappa shape index (κ3) is 2.91. The highest BCUT2D eigenvalue weighted by molar-refractivity contribution is 7.97. The summed E-state index contributed by atoms with van der Waals surface area (Å²) in [7, 11) is 0. The predicted molar refractivity (Wildman–Crippen MR) is 73.8 cm³/mol. The fourth-order valence-electron chi connectivity index (χ4n) is 1.51. The van der Waals surface area contributed by atoms with Crippen LogP contribution in [0.5, 0.6) is 0 Å². The van der Waals surface area contributed by atoms with E-state index < -0.39 is 0 Å². The zero-order valence-corrected chi connectivity index (χ0v) is 11.8. The Morgan fingerprint density at radius 2 is 2.44 bits per heavy atom. The minimum Gasteiger partial charge on any atom is -0.346 e. The molecule has 1 amide bonds. The van der Waals surface area contributed by atoms with Crippen LogP contribution < -0.4 is 5.32 Å². The Morgan fingerprint density at radius 3 is 3.11 bits per heavy atom. The number of H-pyrrole nitrogens is 1. The molecule has 0 aliphatic rings. The van der Waals surface area contributed by atoms with E-state index in [-0.39, 0.29) is 5.91 Å². The van der Waals surface area contributed by atoms with E-state index in [1.807, 2.05) is 24.6 Å². The molecule has 18 heavy (non-hydrogen) atoms. The Bertz CT molecular complexity index is 535. The van der Waals surface area contributed by atoms with Crippen molar-refractivity contribution in [3.63, 3.8) is 0 Å². The van der Waals surface area contributed by atoms with Crippen LogP contribution in [0.25, 0.3) is 0 Å². The number of carbonyl (C=O) groups excluding carboxylic acids is 1. The Kier molecular flexibility index (Phi) is 4.38. The molecule has 0 unspecified atom stereocenters. The van der Waals surface area contributed by atoms with Gasteiger partial charge in [0.2, 0.25) is 0 Å². The molecule has 2 rings (SSSR count). The summed E-state index contributed by atoms with van der Waals surface area (Å²) in [5.41, 5.74) is 2.35. The van der Waals surface area contributed by atoms with Gasteiger partial charge in [-0.25, -0.2) is 0 Å². The smallest absolute Gasteiger partial charge is 0.274 e. The lowest BCUT2D eigenvalue weighted by atomic mass is 10.3. The van der Waals surface area contributed by atoms with Crippen molar-refractivity contribution < 1.29 is 4.79 Å². The molecule has 2 heterocycles. The Hall–Kier alpha value is -1.34. The molecule has 2 N–H and O–H groups in total. The molecule has 0 aromatic carbocycles. The molecular weight excluding hydrogens is 268 g/mol. The van der Waals surface area contributed by atoms with Gasteiger partial charge in [-0.3, -0.25) is 9.89 Å². The minimum atomic E-state index is -0.180. The number of nitrogens with one attached hydrogen (secondary N) is 2. The van der Waals surface area contributed by atoms with Crippen molar-refractivity contribution in [2.75, 3.05) is 6.26 Å². The molecular formula is C11H14N4OS2. The summed E-state index contributed by atoms with van der Waals surface area (Å²) in [5.74, 6) is 0.522. The van der Waals surface area contributed by atoms with Crippen LogP contribution in [0.15, 0.2) is 11.4 Å². The molecule has 0 saturated heterocycles. The molecule has 0 fully saturated rings. The standard InChI is InChI=1S/C11H14N4OS2/c1-7-3-4-18-9(7)5-12-11(16)10-8(6-17-2)13-15-14-10/h3-4H,5-6H2,1-2H3,(H,12,16)(H,13,14,15). The molecule has 0 radical (unpaired) electrons. The zero-order chi connectivity index (χ0) is 13.0. The molecule has 2 aromatic rings. The highest BCUT2D eigenvalue weighted by atomic mass is 32.2. The molecule has 7 heteroatoms. The van der Waals surface area contributed by atoms with Crippen molar-refractivity contribution in [2.45, 2.75) is 19.2 Å². The van der Waals surface area contributed by atoms with E-state index in [1.54, 1.807) is 23.1 Å². The summed E-state index contributed by atoms with van der Waals surface area (Å²) in [4.78, 5) is 13.1. The molecule has 0 aliphatic carbocycles. The first-order valence-electron chi connectivity index (χ1n) is 5.42. The normalized spacial score (nSPS) is 10.6. The second-order valence-corrected chi connectivity index (χ2v) is 5.65. The first-order chi connectivity index (χ1) is 8.72. The third-order valence-corrected chi connectivity index (χ3v) is 4.10. The van der Waals surface area contributed by atoms with E-state index in [1.165, 1.54) is 10.4 Å². The molecule has 2 aromatic heterocycles. The largest absolute Gasteiger partial charge is 0.346 e. The molecule has 0 bridgehead atoms. The lowest BCUT2D eigenvalue weighted by Gasteiger charge is -2.03. The number of hydrogen-bond donors (Lipinski definition) is 2. The van der Waals surface area contributed by atoms with Gasteiger partial charge in [0.15, 0.2) is 5.69 Å². The maximum atomic E-state index is 12.0. The summed E-state index contributed by atoms with van der Waals surface area (Å²) in [6, 6.07) is 2.04. The first-order valence-corrected chi connectivity index (χ1v) is 7.69. The van der Waals surface area contributed by atoms with Gasteiger partial charge in [-0.1, -0.05) is 5.21 Å². The van der Waals surface area contributed by atoms with E-state index >= 15 is 0 Å². The molecule has 96 valence electrons. The summed E-state index contributed by atoms with van der Waals surface area (Å²) in [5, 5.41) is 15.1. The summed E-state index contributed by atoms with van der Waals surface area (Å²) in [6.45, 7) is 2.57. The Balaban J connectivity index is 1.99. The number of thiophene rings is 1. The molecule has 5 nitrogen and oxygen atoms in total. The number of amides is 1. The number of aryl methyl sites for hydroxylation is 1. The van der Waals surface area contributed by atoms with Gasteiger partial charge >= 0.3 is 0 Å². The third-order valence-electron chi connectivity index (χ3n) is 2.50. The first kappa shape index (κ1) is 13.1. The molecule has 0 aliphatic heterocycles. The SMILES string of the molecule is CSCc1[nH]nnc1C(=O)NCc1sccc1C. The molecule has 0 saturated carbocycles. The number of hydrogen-bond acceptors (Lipinski definition) is 5. The summed E-state index contributed by atoms with van der Waals surface area (Å²) in [6.07, 6.45) is 1.97. The quantitative estimate of drug-likeness (QED) is 0.879. The number of aromatic amines is 1. The van der Waals surface area contributed by atoms with E-state index in [2.05, 4.69) is 20.7 Å². The molecule has 0 spiro atoms. The maximum Gasteiger partial charge on any atom is 0.274 e. The lowest BCUT2D eigenvalue weighted by Crippen LogP contribution is -2.24. The van der Waals surface area contributed by atoms with Gasteiger partial charge in [0.1, 0.15) is 0 Å². The fraction of sp³-hybridized carbons (Fsp3) is 0.364. The second kappa shape index (κ2) is 6.01. The maximum absolute atomic E-state index is 12.0. The van der Waals surface area contributed by atoms with Crippen molar-refractivity contribution in [3.8, 4) is 0 Å². The summed E-state index contributed by atoms with van der Waals surface area (Å²) < 4.78 is 0. The molecule has 0 atom stereocenters. The number of thioether (sulfide) groups is 1. The average molecular weight is 282 g/mol. The van der Waals surface area contributed by atoms with Crippen molar-refractivity contribution in [1.29, 1.82) is 0 Å². The number of carbonyl (C=O) groups is 1.